The molecule has 0 aliphatic carbocycles. The molecule has 36 heavy (non-hydrogen) atoms. The number of benzene rings is 4. The molecule has 0 radical (unpaired) electrons. The number of nitrogens with one attached hydrogen (secondary N) is 3. The molecule has 0 aliphatic rings. The van der Waals surface area contributed by atoms with Gasteiger partial charge in [0.1, 0.15) is 5.82 Å². The molecular formula is C29H28FN3O3. The molecule has 4 aromatic carbocycles. The average molecular weight is 486 g/mol. The van der Waals surface area contributed by atoms with Gasteiger partial charge in [-0.05, 0) is 59.7 Å². The Bertz CT molecular complexity index is 1380. The molecule has 7 heteroatoms. The standard InChI is InChI=1S/C29H28FN3O3/c1-19(23-14-15-26(30)25-10-6-5-9-24(23)25)29(36)32-27-17-20(11-12-21(27)13-16-28(34)35)18-31-33-22-7-3-2-4-8-22/h2-12,14-15,17,19,31,33H,13,16,18H2,1H3,(H,32,36)(H,34,35). The number of aryl methyl sites for hydroxylation is 1. The zero-order valence-electron chi connectivity index (χ0n) is 19.9. The van der Waals surface area contributed by atoms with Crippen LogP contribution >= 0.6 is 0 Å². The van der Waals surface area contributed by atoms with Gasteiger partial charge in [0.05, 0.1) is 5.92 Å². The summed E-state index contributed by atoms with van der Waals surface area (Å²) >= 11 is 0. The summed E-state index contributed by atoms with van der Waals surface area (Å²) in [7, 11) is 0. The number of fused-ring (bicyclic) bond motifs is 1. The van der Waals surface area contributed by atoms with Gasteiger partial charge < -0.3 is 15.8 Å². The van der Waals surface area contributed by atoms with Crippen LogP contribution in [0.4, 0.5) is 15.8 Å². The first kappa shape index (κ1) is 24.9. The monoisotopic (exact) mass is 485 g/mol. The molecule has 0 heterocycles. The number of carboxylic acid groups (broad SMARTS) is 1. The van der Waals surface area contributed by atoms with E-state index in [0.29, 0.717) is 23.0 Å². The minimum atomic E-state index is -0.906. The number of hydrazine groups is 1. The average Bonchev–Trinajstić information content (AvgIpc) is 2.89. The lowest BCUT2D eigenvalue weighted by molar-refractivity contribution is -0.137. The van der Waals surface area contributed by atoms with E-state index in [1.165, 1.54) is 6.07 Å². The Hall–Kier alpha value is -4.23. The van der Waals surface area contributed by atoms with Gasteiger partial charge >= 0.3 is 5.97 Å². The summed E-state index contributed by atoms with van der Waals surface area (Å²) in [6.07, 6.45) is 0.239. The quantitative estimate of drug-likeness (QED) is 0.211. The highest BCUT2D eigenvalue weighted by Gasteiger charge is 2.20. The Morgan fingerprint density at radius 1 is 0.917 bits per heavy atom. The Morgan fingerprint density at radius 2 is 1.64 bits per heavy atom. The van der Waals surface area contributed by atoms with Crippen molar-refractivity contribution in [2.24, 2.45) is 0 Å². The fraction of sp³-hybridized carbons (Fsp3) is 0.172. The Labute approximate surface area is 209 Å². The molecular weight excluding hydrogens is 457 g/mol. The summed E-state index contributed by atoms with van der Waals surface area (Å²) < 4.78 is 14.3. The van der Waals surface area contributed by atoms with Gasteiger partial charge in [0.25, 0.3) is 0 Å². The first-order valence-corrected chi connectivity index (χ1v) is 11.8. The van der Waals surface area contributed by atoms with Crippen molar-refractivity contribution in [3.05, 3.63) is 107 Å². The smallest absolute Gasteiger partial charge is 0.303 e. The molecule has 0 saturated heterocycles. The molecule has 0 aromatic heterocycles. The van der Waals surface area contributed by atoms with Crippen molar-refractivity contribution in [3.63, 3.8) is 0 Å². The van der Waals surface area contributed by atoms with Crippen LogP contribution in [-0.2, 0) is 22.6 Å². The van der Waals surface area contributed by atoms with Crippen molar-refractivity contribution in [2.75, 3.05) is 10.7 Å². The predicted molar refractivity (Wildman–Crippen MR) is 140 cm³/mol. The number of aliphatic carboxylic acids is 1. The second kappa shape index (κ2) is 11.5. The van der Waals surface area contributed by atoms with Gasteiger partial charge in [0.15, 0.2) is 0 Å². The number of rotatable bonds is 10. The molecule has 0 bridgehead atoms. The first-order valence-electron chi connectivity index (χ1n) is 11.8. The minimum absolute atomic E-state index is 0.0474. The van der Waals surface area contributed by atoms with Crippen molar-refractivity contribution >= 4 is 34.0 Å². The van der Waals surface area contributed by atoms with Crippen LogP contribution < -0.4 is 16.2 Å². The van der Waals surface area contributed by atoms with Crippen LogP contribution in [-0.4, -0.2) is 17.0 Å². The lowest BCUT2D eigenvalue weighted by atomic mass is 9.93. The number of halogens is 1. The largest absolute Gasteiger partial charge is 0.481 e. The molecule has 1 unspecified atom stereocenters. The van der Waals surface area contributed by atoms with E-state index in [1.54, 1.807) is 25.1 Å². The molecule has 1 atom stereocenters. The molecule has 6 nitrogen and oxygen atoms in total. The third-order valence-corrected chi connectivity index (χ3v) is 6.10. The summed E-state index contributed by atoms with van der Waals surface area (Å²) in [5.41, 5.74) is 10.1. The van der Waals surface area contributed by atoms with Gasteiger partial charge in [-0.2, -0.15) is 0 Å². The molecule has 4 N–H and O–H groups in total. The highest BCUT2D eigenvalue weighted by atomic mass is 19.1. The van der Waals surface area contributed by atoms with E-state index in [1.807, 2.05) is 60.7 Å². The van der Waals surface area contributed by atoms with E-state index >= 15 is 0 Å². The number of hydrogen-bond donors (Lipinski definition) is 4. The fourth-order valence-corrected chi connectivity index (χ4v) is 4.12. The highest BCUT2D eigenvalue weighted by molar-refractivity contribution is 6.00. The van der Waals surface area contributed by atoms with Gasteiger partial charge in [0.2, 0.25) is 5.91 Å². The Kier molecular flexibility index (Phi) is 7.92. The van der Waals surface area contributed by atoms with E-state index in [-0.39, 0.29) is 24.6 Å². The van der Waals surface area contributed by atoms with E-state index in [2.05, 4.69) is 16.2 Å². The van der Waals surface area contributed by atoms with Crippen LogP contribution in [0.25, 0.3) is 10.8 Å². The van der Waals surface area contributed by atoms with Crippen LogP contribution in [0.2, 0.25) is 0 Å². The molecule has 0 saturated carbocycles. The van der Waals surface area contributed by atoms with Crippen molar-refractivity contribution in [1.29, 1.82) is 0 Å². The number of hydrogen-bond acceptors (Lipinski definition) is 4. The number of para-hydroxylation sites is 1. The highest BCUT2D eigenvalue weighted by Crippen LogP contribution is 2.29. The van der Waals surface area contributed by atoms with E-state index in [4.69, 9.17) is 5.11 Å². The van der Waals surface area contributed by atoms with Gasteiger partial charge in [-0.25, -0.2) is 9.82 Å². The zero-order chi connectivity index (χ0) is 25.5. The normalized spacial score (nSPS) is 11.7. The molecule has 0 spiro atoms. The number of carbonyl (C=O) groups is 2. The third-order valence-electron chi connectivity index (χ3n) is 6.10. The van der Waals surface area contributed by atoms with Crippen molar-refractivity contribution in [3.8, 4) is 0 Å². The fourth-order valence-electron chi connectivity index (χ4n) is 4.12. The number of amides is 1. The van der Waals surface area contributed by atoms with Crippen LogP contribution in [0.15, 0.2) is 84.9 Å². The maximum atomic E-state index is 14.3. The number of anilines is 2. The summed E-state index contributed by atoms with van der Waals surface area (Å²) in [5.74, 6) is -2.04. The molecule has 184 valence electrons. The van der Waals surface area contributed by atoms with E-state index in [9.17, 15) is 14.0 Å². The van der Waals surface area contributed by atoms with E-state index in [0.717, 1.165) is 22.4 Å². The van der Waals surface area contributed by atoms with Gasteiger partial charge in [-0.1, -0.05) is 60.7 Å². The summed E-state index contributed by atoms with van der Waals surface area (Å²) in [6, 6.07) is 25.4. The number of carboxylic acids is 1. The second-order valence-corrected chi connectivity index (χ2v) is 8.62. The van der Waals surface area contributed by atoms with Gasteiger partial charge in [0, 0.05) is 29.7 Å². The van der Waals surface area contributed by atoms with Crippen molar-refractivity contribution < 1.29 is 19.1 Å². The number of carbonyl (C=O) groups excluding carboxylic acids is 1. The van der Waals surface area contributed by atoms with Crippen LogP contribution in [0.1, 0.15) is 36.0 Å². The van der Waals surface area contributed by atoms with Crippen LogP contribution in [0.5, 0.6) is 0 Å². The molecule has 0 fully saturated rings. The first-order chi connectivity index (χ1) is 17.4. The SMILES string of the molecule is CC(C(=O)Nc1cc(CNNc2ccccc2)ccc1CCC(=O)O)c1ccc(F)c2ccccc12. The maximum Gasteiger partial charge on any atom is 0.303 e. The van der Waals surface area contributed by atoms with Crippen molar-refractivity contribution in [1.82, 2.24) is 5.43 Å². The third kappa shape index (κ3) is 6.06. The lowest BCUT2D eigenvalue weighted by Gasteiger charge is -2.18. The minimum Gasteiger partial charge on any atom is -0.481 e. The van der Waals surface area contributed by atoms with Gasteiger partial charge in [-0.15, -0.1) is 0 Å². The zero-order valence-corrected chi connectivity index (χ0v) is 19.9. The Balaban J connectivity index is 1.54. The van der Waals surface area contributed by atoms with Crippen LogP contribution in [0, 0.1) is 5.82 Å². The lowest BCUT2D eigenvalue weighted by Crippen LogP contribution is -2.22. The topological polar surface area (TPSA) is 90.5 Å². The molecule has 4 aromatic rings. The Morgan fingerprint density at radius 3 is 2.39 bits per heavy atom. The predicted octanol–water partition coefficient (Wildman–Crippen LogP) is 5.86. The molecule has 4 rings (SSSR count). The molecule has 1 amide bonds. The maximum absolute atomic E-state index is 14.3. The van der Waals surface area contributed by atoms with Crippen molar-refractivity contribution in [2.45, 2.75) is 32.2 Å². The summed E-state index contributed by atoms with van der Waals surface area (Å²) in [5, 5.41) is 13.3. The summed E-state index contributed by atoms with van der Waals surface area (Å²) in [4.78, 5) is 24.5. The van der Waals surface area contributed by atoms with Crippen LogP contribution in [0.3, 0.4) is 0 Å². The van der Waals surface area contributed by atoms with Gasteiger partial charge in [-0.3, -0.25) is 9.59 Å². The van der Waals surface area contributed by atoms with E-state index < -0.39 is 11.9 Å². The molecule has 0 aliphatic heterocycles. The second-order valence-electron chi connectivity index (χ2n) is 8.62. The summed E-state index contributed by atoms with van der Waals surface area (Å²) in [6.45, 7) is 2.26.